The number of nitriles is 1. The second-order valence-corrected chi connectivity index (χ2v) is 3.64. The second-order valence-electron chi connectivity index (χ2n) is 3.64. The molecular formula is C9H18N4O. The van der Waals surface area contributed by atoms with Gasteiger partial charge in [-0.3, -0.25) is 0 Å². The highest BCUT2D eigenvalue weighted by atomic mass is 16.5. The zero-order valence-electron chi connectivity index (χ0n) is 9.32. The molecule has 0 unspecified atom stereocenters. The largest absolute Gasteiger partial charge is 0.422 e. The van der Waals surface area contributed by atoms with Crippen LogP contribution in [0, 0.1) is 11.5 Å². The van der Waals surface area contributed by atoms with Crippen molar-refractivity contribution in [2.75, 3.05) is 34.5 Å². The molecule has 0 amide bonds. The van der Waals surface area contributed by atoms with Crippen LogP contribution in [0.2, 0.25) is 0 Å². The average molecular weight is 198 g/mol. The van der Waals surface area contributed by atoms with E-state index in [2.05, 4.69) is 33.1 Å². The van der Waals surface area contributed by atoms with E-state index in [1.54, 1.807) is 0 Å². The van der Waals surface area contributed by atoms with Crippen molar-refractivity contribution in [2.24, 2.45) is 4.99 Å². The Morgan fingerprint density at radius 3 is 2.21 bits per heavy atom. The van der Waals surface area contributed by atoms with E-state index in [0.717, 1.165) is 24.2 Å². The molecule has 0 fully saturated rings. The maximum absolute atomic E-state index is 7.43. The van der Waals surface area contributed by atoms with Gasteiger partial charge in [-0.05, 0) is 6.42 Å². The lowest BCUT2D eigenvalue weighted by atomic mass is 10.5. The lowest BCUT2D eigenvalue weighted by Crippen LogP contribution is -2.36. The third-order valence-corrected chi connectivity index (χ3v) is 0.927. The van der Waals surface area contributed by atoms with Crippen molar-refractivity contribution in [3.63, 3.8) is 0 Å². The topological polar surface area (TPSA) is 67.7 Å². The van der Waals surface area contributed by atoms with Gasteiger partial charge in [0.2, 0.25) is 0 Å². The van der Waals surface area contributed by atoms with Crippen LogP contribution in [0.5, 0.6) is 0 Å². The van der Waals surface area contributed by atoms with Crippen LogP contribution in [-0.4, -0.2) is 45.0 Å². The van der Waals surface area contributed by atoms with Crippen molar-refractivity contribution in [2.45, 2.75) is 13.3 Å². The van der Waals surface area contributed by atoms with Gasteiger partial charge >= 0.3 is 0 Å². The molecule has 0 rings (SSSR count). The molecule has 0 aromatic carbocycles. The van der Waals surface area contributed by atoms with Gasteiger partial charge in [-0.15, -0.1) is 6.01 Å². The average Bonchev–Trinajstić information content (AvgIpc) is 2.05. The monoisotopic (exact) mass is 198 g/mol. The molecule has 0 aliphatic heterocycles. The van der Waals surface area contributed by atoms with Crippen LogP contribution >= 0.6 is 0 Å². The first kappa shape index (κ1) is 15.3. The minimum atomic E-state index is 0.813. The molecule has 0 radical (unpaired) electrons. The van der Waals surface area contributed by atoms with Crippen molar-refractivity contribution < 1.29 is 9.22 Å². The van der Waals surface area contributed by atoms with Crippen molar-refractivity contribution in [1.29, 1.82) is 5.26 Å². The van der Waals surface area contributed by atoms with Gasteiger partial charge in [0.05, 0.1) is 33.9 Å². The summed E-state index contributed by atoms with van der Waals surface area (Å²) in [5, 5.41) is 14.9. The number of hydrogen-bond acceptors (Lipinski definition) is 3. The van der Waals surface area contributed by atoms with E-state index < -0.39 is 0 Å². The molecule has 0 bridgehead atoms. The summed E-state index contributed by atoms with van der Waals surface area (Å²) in [5.41, 5.74) is 0. The zero-order valence-corrected chi connectivity index (χ0v) is 9.32. The summed E-state index contributed by atoms with van der Waals surface area (Å²) in [4.78, 5) is 2.58. The van der Waals surface area contributed by atoms with E-state index in [4.69, 9.17) is 15.4 Å². The van der Waals surface area contributed by atoms with E-state index in [-0.39, 0.29) is 0 Å². The molecule has 0 aliphatic carbocycles. The molecule has 0 aliphatic rings. The van der Waals surface area contributed by atoms with Gasteiger partial charge in [0.15, 0.2) is 6.73 Å². The number of aliphatic imine (C=N–C) groups is 1. The van der Waals surface area contributed by atoms with Crippen molar-refractivity contribution in [3.8, 4) is 6.19 Å². The van der Waals surface area contributed by atoms with Crippen LogP contribution < -0.4 is 0 Å². The van der Waals surface area contributed by atoms with Crippen molar-refractivity contribution in [3.05, 3.63) is 5.41 Å². The van der Waals surface area contributed by atoms with E-state index in [9.17, 15) is 0 Å². The smallest absolute Gasteiger partial charge is 0.182 e. The number of rotatable bonds is 4. The highest BCUT2D eigenvalue weighted by molar-refractivity contribution is 5.46. The molecule has 0 N–H and O–H groups in total. The predicted molar refractivity (Wildman–Crippen MR) is 55.5 cm³/mol. The standard InChI is InChI=1S/C7H18NO.C2N3/c1-5-6-9-7-8(2,3)4;3-1-5-2-4/h5-7H2,1-4H3;/q+1;-1. The summed E-state index contributed by atoms with van der Waals surface area (Å²) in [6, 6.07) is 1.28. The fraction of sp³-hybridized carbons (Fsp3) is 0.778. The number of hydrogen-bond donors (Lipinski definition) is 0. The Labute approximate surface area is 85.7 Å². The summed E-state index contributed by atoms with van der Waals surface area (Å²) in [5.74, 6) is 0. The third kappa shape index (κ3) is 22.4. The van der Waals surface area contributed by atoms with Crippen LogP contribution in [0.3, 0.4) is 0 Å². The highest BCUT2D eigenvalue weighted by Gasteiger charge is 2.04. The molecule has 0 aromatic heterocycles. The van der Waals surface area contributed by atoms with E-state index >= 15 is 0 Å². The Morgan fingerprint density at radius 1 is 1.43 bits per heavy atom. The summed E-state index contributed by atoms with van der Waals surface area (Å²) >= 11 is 0. The minimum Gasteiger partial charge on any atom is -0.422 e. The SMILES string of the molecule is CCCOC[N+](C)(C)C.N#CN=C=[N-]. The van der Waals surface area contributed by atoms with Crippen LogP contribution in [0.15, 0.2) is 4.99 Å². The Kier molecular flexibility index (Phi) is 10.8. The van der Waals surface area contributed by atoms with Crippen molar-refractivity contribution in [1.82, 2.24) is 0 Å². The molecule has 5 heteroatoms. The molecule has 0 heterocycles. The first-order valence-electron chi connectivity index (χ1n) is 4.34. The molecular weight excluding hydrogens is 180 g/mol. The normalized spacial score (nSPS) is 9.07. The Morgan fingerprint density at radius 2 is 2.00 bits per heavy atom. The van der Waals surface area contributed by atoms with Gasteiger partial charge in [0, 0.05) is 0 Å². The lowest BCUT2D eigenvalue weighted by Gasteiger charge is -2.22. The maximum atomic E-state index is 7.43. The van der Waals surface area contributed by atoms with E-state index in [1.807, 2.05) is 0 Å². The van der Waals surface area contributed by atoms with Crippen LogP contribution in [-0.2, 0) is 4.74 Å². The van der Waals surface area contributed by atoms with Crippen LogP contribution in [0.25, 0.3) is 5.41 Å². The highest BCUT2D eigenvalue weighted by Crippen LogP contribution is 1.90. The lowest BCUT2D eigenvalue weighted by molar-refractivity contribution is -0.890. The Hall–Kier alpha value is -1.21. The van der Waals surface area contributed by atoms with Gasteiger partial charge in [-0.1, -0.05) is 6.92 Å². The fourth-order valence-electron chi connectivity index (χ4n) is 0.505. The summed E-state index contributed by atoms with van der Waals surface area (Å²) < 4.78 is 6.21. The van der Waals surface area contributed by atoms with Gasteiger partial charge in [-0.25, -0.2) is 0 Å². The van der Waals surface area contributed by atoms with Crippen LogP contribution in [0.4, 0.5) is 0 Å². The van der Waals surface area contributed by atoms with Gasteiger partial charge in [-0.2, -0.15) is 5.26 Å². The van der Waals surface area contributed by atoms with Gasteiger partial charge < -0.3 is 19.6 Å². The quantitative estimate of drug-likeness (QED) is 0.224. The number of nitrogens with zero attached hydrogens (tertiary/aromatic N) is 4. The second kappa shape index (κ2) is 9.87. The Balaban J connectivity index is 0. The maximum Gasteiger partial charge on any atom is 0.182 e. The first-order chi connectivity index (χ1) is 6.47. The minimum absolute atomic E-state index is 0.813. The summed E-state index contributed by atoms with van der Waals surface area (Å²) in [7, 11) is 6.36. The molecule has 0 atom stereocenters. The number of quaternary nitrogens is 1. The van der Waals surface area contributed by atoms with Crippen LogP contribution in [0.1, 0.15) is 13.3 Å². The molecule has 5 nitrogen and oxygen atoms in total. The molecule has 14 heavy (non-hydrogen) atoms. The molecule has 80 valence electrons. The van der Waals surface area contributed by atoms with Gasteiger partial charge in [0.1, 0.15) is 0 Å². The van der Waals surface area contributed by atoms with Gasteiger partial charge in [0.25, 0.3) is 0 Å². The zero-order chi connectivity index (χ0) is 11.4. The molecule has 0 saturated heterocycles. The molecule has 0 spiro atoms. The molecule has 0 saturated carbocycles. The number of ether oxygens (including phenoxy) is 1. The van der Waals surface area contributed by atoms with Crippen molar-refractivity contribution >= 4 is 6.01 Å². The summed E-state index contributed by atoms with van der Waals surface area (Å²) in [6.45, 7) is 3.82. The first-order valence-corrected chi connectivity index (χ1v) is 4.34. The van der Waals surface area contributed by atoms with E-state index in [0.29, 0.717) is 0 Å². The summed E-state index contributed by atoms with van der Waals surface area (Å²) in [6.07, 6.45) is 2.39. The third-order valence-electron chi connectivity index (χ3n) is 0.927. The fourth-order valence-corrected chi connectivity index (χ4v) is 0.505. The molecule has 0 aromatic rings. The predicted octanol–water partition coefficient (Wildman–Crippen LogP) is 1.29. The van der Waals surface area contributed by atoms with E-state index in [1.165, 1.54) is 12.2 Å². The Bertz CT molecular complexity index is 208.